The number of hydrogen-bond acceptors (Lipinski definition) is 2. The molecule has 0 atom stereocenters. The molecule has 18 heavy (non-hydrogen) atoms. The molecule has 0 unspecified atom stereocenters. The van der Waals surface area contributed by atoms with Crippen molar-refractivity contribution in [2.45, 2.75) is 20.4 Å². The molecule has 0 spiro atoms. The van der Waals surface area contributed by atoms with Crippen LogP contribution in [0.4, 0.5) is 0 Å². The van der Waals surface area contributed by atoms with Crippen LogP contribution in [0.15, 0.2) is 30.9 Å². The van der Waals surface area contributed by atoms with Crippen LogP contribution < -0.4 is 14.8 Å². The Kier molecular flexibility index (Phi) is 6.29. The van der Waals surface area contributed by atoms with Gasteiger partial charge in [0.05, 0.1) is 13.7 Å². The normalized spacial score (nSPS) is 10.4. The maximum atomic E-state index is 5.52. The first-order valence-corrected chi connectivity index (χ1v) is 6.39. The quantitative estimate of drug-likeness (QED) is 0.716. The van der Waals surface area contributed by atoms with Crippen LogP contribution in [0.3, 0.4) is 0 Å². The zero-order valence-corrected chi connectivity index (χ0v) is 11.6. The smallest absolute Gasteiger partial charge is 0.161 e. The van der Waals surface area contributed by atoms with E-state index in [1.807, 2.05) is 12.1 Å². The van der Waals surface area contributed by atoms with Gasteiger partial charge in [0.2, 0.25) is 0 Å². The van der Waals surface area contributed by atoms with Crippen LogP contribution in [0.25, 0.3) is 0 Å². The largest absolute Gasteiger partial charge is 0.493 e. The molecule has 0 aliphatic carbocycles. The Hall–Kier alpha value is -1.48. The summed E-state index contributed by atoms with van der Waals surface area (Å²) in [7, 11) is 1.66. The van der Waals surface area contributed by atoms with Gasteiger partial charge >= 0.3 is 0 Å². The van der Waals surface area contributed by atoms with Crippen molar-refractivity contribution in [3.63, 3.8) is 0 Å². The zero-order chi connectivity index (χ0) is 13.4. The average Bonchev–Trinajstić information content (AvgIpc) is 2.36. The molecule has 2 N–H and O–H groups in total. The lowest BCUT2D eigenvalue weighted by atomic mass is 10.2. The summed E-state index contributed by atoms with van der Waals surface area (Å²) in [6, 6.07) is 6.08. The minimum Gasteiger partial charge on any atom is -0.493 e. The van der Waals surface area contributed by atoms with Crippen LogP contribution >= 0.6 is 0 Å². The van der Waals surface area contributed by atoms with E-state index in [1.165, 1.54) is 5.56 Å². The Balaban J connectivity index is 2.63. The molecule has 0 saturated carbocycles. The predicted molar refractivity (Wildman–Crippen MR) is 74.0 cm³/mol. The van der Waals surface area contributed by atoms with Crippen molar-refractivity contribution in [3.8, 4) is 11.5 Å². The van der Waals surface area contributed by atoms with E-state index >= 15 is 0 Å². The number of methoxy groups -OCH3 is 1. The lowest BCUT2D eigenvalue weighted by Crippen LogP contribution is -2.83. The molecule has 1 aromatic rings. The van der Waals surface area contributed by atoms with Crippen molar-refractivity contribution < 1.29 is 14.8 Å². The molecule has 0 aliphatic rings. The third-order valence-corrected chi connectivity index (χ3v) is 2.60. The van der Waals surface area contributed by atoms with E-state index in [9.17, 15) is 0 Å². The predicted octanol–water partition coefficient (Wildman–Crippen LogP) is 1.98. The highest BCUT2D eigenvalue weighted by atomic mass is 16.5. The molecule has 0 aliphatic heterocycles. The molecule has 0 heterocycles. The SMILES string of the molecule is C=CCOc1ccc(C[NH2+]CC(C)C)cc1OC. The molecule has 1 aromatic carbocycles. The average molecular weight is 250 g/mol. The Labute approximate surface area is 110 Å². The Bertz CT molecular complexity index is 375. The van der Waals surface area contributed by atoms with Crippen LogP contribution in [0.2, 0.25) is 0 Å². The number of hydrogen-bond donors (Lipinski definition) is 1. The monoisotopic (exact) mass is 250 g/mol. The van der Waals surface area contributed by atoms with E-state index in [0.717, 1.165) is 24.6 Å². The summed E-state index contributed by atoms with van der Waals surface area (Å²) in [6.07, 6.45) is 1.73. The lowest BCUT2D eigenvalue weighted by Gasteiger charge is -2.11. The first kappa shape index (κ1) is 14.6. The van der Waals surface area contributed by atoms with Crippen LogP contribution in [0.1, 0.15) is 19.4 Å². The molecule has 100 valence electrons. The second-order valence-corrected chi connectivity index (χ2v) is 4.71. The summed E-state index contributed by atoms with van der Waals surface area (Å²) in [5, 5.41) is 2.31. The molecule has 1 rings (SSSR count). The maximum absolute atomic E-state index is 5.52. The number of ether oxygens (including phenoxy) is 2. The molecule has 0 amide bonds. The van der Waals surface area contributed by atoms with Gasteiger partial charge < -0.3 is 14.8 Å². The molecular weight excluding hydrogens is 226 g/mol. The number of quaternary nitrogens is 1. The molecule has 0 fully saturated rings. The van der Waals surface area contributed by atoms with Crippen LogP contribution in [-0.4, -0.2) is 20.3 Å². The third kappa shape index (κ3) is 4.80. The second kappa shape index (κ2) is 7.77. The molecule has 0 aromatic heterocycles. The highest BCUT2D eigenvalue weighted by Crippen LogP contribution is 2.27. The fraction of sp³-hybridized carbons (Fsp3) is 0.467. The minimum atomic E-state index is 0.495. The summed E-state index contributed by atoms with van der Waals surface area (Å²) in [5.41, 5.74) is 1.25. The van der Waals surface area contributed by atoms with E-state index in [-0.39, 0.29) is 0 Å². The first-order chi connectivity index (χ1) is 8.67. The van der Waals surface area contributed by atoms with Crippen LogP contribution in [-0.2, 0) is 6.54 Å². The van der Waals surface area contributed by atoms with Crippen molar-refractivity contribution in [1.29, 1.82) is 0 Å². The summed E-state index contributed by atoms with van der Waals surface area (Å²) in [5.74, 6) is 2.26. The van der Waals surface area contributed by atoms with Gasteiger partial charge in [-0.1, -0.05) is 26.5 Å². The van der Waals surface area contributed by atoms with Crippen molar-refractivity contribution in [2.75, 3.05) is 20.3 Å². The molecule has 0 saturated heterocycles. The molecule has 3 heteroatoms. The van der Waals surface area contributed by atoms with E-state index < -0.39 is 0 Å². The third-order valence-electron chi connectivity index (χ3n) is 2.60. The highest BCUT2D eigenvalue weighted by molar-refractivity contribution is 5.42. The van der Waals surface area contributed by atoms with E-state index in [0.29, 0.717) is 12.5 Å². The second-order valence-electron chi connectivity index (χ2n) is 4.71. The van der Waals surface area contributed by atoms with Crippen LogP contribution in [0, 0.1) is 5.92 Å². The Morgan fingerprint density at radius 2 is 2.11 bits per heavy atom. The zero-order valence-electron chi connectivity index (χ0n) is 11.6. The molecule has 0 bridgehead atoms. The number of rotatable bonds is 8. The Morgan fingerprint density at radius 3 is 2.72 bits per heavy atom. The van der Waals surface area contributed by atoms with Gasteiger partial charge in [0, 0.05) is 11.5 Å². The van der Waals surface area contributed by atoms with Crippen molar-refractivity contribution in [2.24, 2.45) is 5.92 Å². The highest BCUT2D eigenvalue weighted by Gasteiger charge is 2.06. The van der Waals surface area contributed by atoms with Gasteiger partial charge in [0.15, 0.2) is 11.5 Å². The summed E-state index contributed by atoms with van der Waals surface area (Å²) >= 11 is 0. The Morgan fingerprint density at radius 1 is 1.33 bits per heavy atom. The van der Waals surface area contributed by atoms with Gasteiger partial charge in [0.25, 0.3) is 0 Å². The van der Waals surface area contributed by atoms with Crippen molar-refractivity contribution in [1.82, 2.24) is 0 Å². The number of nitrogens with two attached hydrogens (primary N) is 1. The van der Waals surface area contributed by atoms with Crippen LogP contribution in [0.5, 0.6) is 11.5 Å². The molecular formula is C15H24NO2+. The molecule has 0 radical (unpaired) electrons. The summed E-state index contributed by atoms with van der Waals surface area (Å²) in [4.78, 5) is 0. The van der Waals surface area contributed by atoms with E-state index in [4.69, 9.17) is 9.47 Å². The van der Waals surface area contributed by atoms with Gasteiger partial charge in [0.1, 0.15) is 13.2 Å². The van der Waals surface area contributed by atoms with Gasteiger partial charge in [-0.3, -0.25) is 0 Å². The topological polar surface area (TPSA) is 35.1 Å². The fourth-order valence-electron chi connectivity index (χ4n) is 1.69. The molecule has 3 nitrogen and oxygen atoms in total. The van der Waals surface area contributed by atoms with Gasteiger partial charge in [-0.15, -0.1) is 0 Å². The lowest BCUT2D eigenvalue weighted by molar-refractivity contribution is -0.675. The minimum absolute atomic E-state index is 0.495. The summed E-state index contributed by atoms with van der Waals surface area (Å²) < 4.78 is 10.9. The van der Waals surface area contributed by atoms with Crippen molar-refractivity contribution >= 4 is 0 Å². The van der Waals surface area contributed by atoms with Gasteiger partial charge in [-0.25, -0.2) is 0 Å². The van der Waals surface area contributed by atoms with E-state index in [2.05, 4.69) is 31.8 Å². The van der Waals surface area contributed by atoms with Gasteiger partial charge in [-0.05, 0) is 18.2 Å². The number of benzene rings is 1. The van der Waals surface area contributed by atoms with E-state index in [1.54, 1.807) is 13.2 Å². The summed E-state index contributed by atoms with van der Waals surface area (Å²) in [6.45, 7) is 10.7. The maximum Gasteiger partial charge on any atom is 0.161 e. The van der Waals surface area contributed by atoms with Gasteiger partial charge in [-0.2, -0.15) is 0 Å². The first-order valence-electron chi connectivity index (χ1n) is 6.39. The fourth-order valence-corrected chi connectivity index (χ4v) is 1.69. The standard InChI is InChI=1S/C15H23NO2/c1-5-8-18-14-7-6-13(9-15(14)17-4)11-16-10-12(2)3/h5-7,9,12,16H,1,8,10-11H2,2-4H3/p+1. The van der Waals surface area contributed by atoms with Crippen molar-refractivity contribution in [3.05, 3.63) is 36.4 Å².